The van der Waals surface area contributed by atoms with Crippen LogP contribution in [-0.2, 0) is 19.6 Å². The van der Waals surface area contributed by atoms with Gasteiger partial charge in [0.2, 0.25) is 16.8 Å². The van der Waals surface area contributed by atoms with Gasteiger partial charge in [-0.25, -0.2) is 13.2 Å². The summed E-state index contributed by atoms with van der Waals surface area (Å²) in [6.45, 7) is 0.381. The highest BCUT2D eigenvalue weighted by molar-refractivity contribution is 7.89. The highest BCUT2D eigenvalue weighted by Crippen LogP contribution is 2.34. The van der Waals surface area contributed by atoms with E-state index in [1.165, 1.54) is 22.5 Å². The SMILES string of the molecule is O=C(COC(=O)c1ccc(Cl)c(S(=O)(=O)N2CCCC2)c1)Nc1ccc2c(c1)OCO2. The Balaban J connectivity index is 1.40. The van der Waals surface area contributed by atoms with Crippen molar-refractivity contribution in [2.75, 3.05) is 31.8 Å². The molecule has 164 valence electrons. The quantitative estimate of drug-likeness (QED) is 0.651. The number of anilines is 1. The molecule has 1 fully saturated rings. The molecule has 0 unspecified atom stereocenters. The molecule has 31 heavy (non-hydrogen) atoms. The Kier molecular flexibility index (Phi) is 6.03. The molecule has 0 spiro atoms. The minimum atomic E-state index is -3.81. The second kappa shape index (κ2) is 8.74. The van der Waals surface area contributed by atoms with Crippen LogP contribution in [0.4, 0.5) is 5.69 Å². The number of esters is 1. The Bertz CT molecular complexity index is 1130. The van der Waals surface area contributed by atoms with Crippen molar-refractivity contribution in [1.29, 1.82) is 0 Å². The summed E-state index contributed by atoms with van der Waals surface area (Å²) in [6, 6.07) is 8.73. The number of nitrogens with zero attached hydrogens (tertiary/aromatic N) is 1. The van der Waals surface area contributed by atoms with E-state index in [1.807, 2.05) is 0 Å². The Morgan fingerprint density at radius 3 is 2.58 bits per heavy atom. The molecular formula is C20H19ClN2O7S. The van der Waals surface area contributed by atoms with Gasteiger partial charge in [0.1, 0.15) is 4.90 Å². The van der Waals surface area contributed by atoms with E-state index in [0.29, 0.717) is 30.3 Å². The second-order valence-electron chi connectivity index (χ2n) is 6.95. The van der Waals surface area contributed by atoms with Crippen molar-refractivity contribution in [3.05, 3.63) is 47.0 Å². The van der Waals surface area contributed by atoms with E-state index < -0.39 is 28.5 Å². The summed E-state index contributed by atoms with van der Waals surface area (Å²) >= 11 is 6.08. The molecule has 0 aliphatic carbocycles. The molecule has 0 saturated carbocycles. The summed E-state index contributed by atoms with van der Waals surface area (Å²) in [6.07, 6.45) is 1.55. The van der Waals surface area contributed by atoms with E-state index in [4.69, 9.17) is 25.8 Å². The molecule has 2 aromatic rings. The average molecular weight is 467 g/mol. The van der Waals surface area contributed by atoms with E-state index >= 15 is 0 Å². The van der Waals surface area contributed by atoms with Crippen LogP contribution >= 0.6 is 11.6 Å². The molecule has 11 heteroatoms. The molecule has 9 nitrogen and oxygen atoms in total. The number of fused-ring (bicyclic) bond motifs is 1. The van der Waals surface area contributed by atoms with Crippen molar-refractivity contribution in [3.63, 3.8) is 0 Å². The fourth-order valence-electron chi connectivity index (χ4n) is 3.28. The van der Waals surface area contributed by atoms with Crippen LogP contribution in [0, 0.1) is 0 Å². The van der Waals surface area contributed by atoms with Gasteiger partial charge in [-0.3, -0.25) is 4.79 Å². The third-order valence-corrected chi connectivity index (χ3v) is 7.22. The molecule has 2 aliphatic rings. The lowest BCUT2D eigenvalue weighted by Gasteiger charge is -2.17. The van der Waals surface area contributed by atoms with Gasteiger partial charge < -0.3 is 19.5 Å². The maximum Gasteiger partial charge on any atom is 0.338 e. The molecule has 0 aromatic heterocycles. The standard InChI is InChI=1S/C20H19ClN2O7S/c21-15-5-3-13(9-18(15)31(26,27)23-7-1-2-8-23)20(25)28-11-19(24)22-14-4-6-16-17(10-14)30-12-29-16/h3-6,9-10H,1-2,7-8,11-12H2,(H,22,24). The van der Waals surface area contributed by atoms with Gasteiger partial charge in [0.25, 0.3) is 5.91 Å². The van der Waals surface area contributed by atoms with Crippen LogP contribution < -0.4 is 14.8 Å². The largest absolute Gasteiger partial charge is 0.454 e. The molecule has 1 N–H and O–H groups in total. The summed E-state index contributed by atoms with van der Waals surface area (Å²) in [5, 5.41) is 2.60. The smallest absolute Gasteiger partial charge is 0.338 e. The highest BCUT2D eigenvalue weighted by atomic mass is 35.5. The van der Waals surface area contributed by atoms with Gasteiger partial charge in [0.15, 0.2) is 18.1 Å². The molecule has 2 aliphatic heterocycles. The predicted octanol–water partition coefficient (Wildman–Crippen LogP) is 2.65. The Labute approximate surface area is 183 Å². The van der Waals surface area contributed by atoms with Crippen LogP contribution in [0.3, 0.4) is 0 Å². The van der Waals surface area contributed by atoms with Gasteiger partial charge in [0.05, 0.1) is 10.6 Å². The summed E-state index contributed by atoms with van der Waals surface area (Å²) in [4.78, 5) is 24.3. The number of hydrogen-bond donors (Lipinski definition) is 1. The number of nitrogens with one attached hydrogen (secondary N) is 1. The van der Waals surface area contributed by atoms with Crippen LogP contribution in [0.2, 0.25) is 5.02 Å². The zero-order valence-corrected chi connectivity index (χ0v) is 17.9. The molecule has 2 aromatic carbocycles. The molecule has 0 bridgehead atoms. The van der Waals surface area contributed by atoms with Gasteiger partial charge in [-0.1, -0.05) is 11.6 Å². The number of rotatable bonds is 6. The summed E-state index contributed by atoms with van der Waals surface area (Å²) in [5.74, 6) is -0.323. The van der Waals surface area contributed by atoms with Crippen LogP contribution in [0.15, 0.2) is 41.3 Å². The summed E-state index contributed by atoms with van der Waals surface area (Å²) < 4.78 is 42.4. The van der Waals surface area contributed by atoms with Crippen LogP contribution in [0.5, 0.6) is 11.5 Å². The van der Waals surface area contributed by atoms with E-state index in [-0.39, 0.29) is 22.3 Å². The number of amides is 1. The first-order chi connectivity index (χ1) is 14.8. The molecule has 0 radical (unpaired) electrons. The maximum absolute atomic E-state index is 12.8. The van der Waals surface area contributed by atoms with Gasteiger partial charge in [-0.2, -0.15) is 4.31 Å². The summed E-state index contributed by atoms with van der Waals surface area (Å²) in [5.41, 5.74) is 0.439. The van der Waals surface area contributed by atoms with Crippen molar-refractivity contribution < 1.29 is 32.2 Å². The number of sulfonamides is 1. The lowest BCUT2D eigenvalue weighted by atomic mass is 10.2. The number of carbonyl (C=O) groups excluding carboxylic acids is 2. The monoisotopic (exact) mass is 466 g/mol. The minimum Gasteiger partial charge on any atom is -0.454 e. The van der Waals surface area contributed by atoms with Gasteiger partial charge in [-0.15, -0.1) is 0 Å². The molecule has 0 atom stereocenters. The lowest BCUT2D eigenvalue weighted by molar-refractivity contribution is -0.119. The number of halogens is 1. The summed E-state index contributed by atoms with van der Waals surface area (Å²) in [7, 11) is -3.81. The van der Waals surface area contributed by atoms with E-state index in [9.17, 15) is 18.0 Å². The Morgan fingerprint density at radius 1 is 1.06 bits per heavy atom. The molecular weight excluding hydrogens is 448 g/mol. The first kappa shape index (κ1) is 21.4. The van der Waals surface area contributed by atoms with Gasteiger partial charge in [-0.05, 0) is 43.2 Å². The molecule has 1 amide bonds. The normalized spacial score (nSPS) is 15.6. The van der Waals surface area contributed by atoms with Crippen molar-refractivity contribution in [3.8, 4) is 11.5 Å². The van der Waals surface area contributed by atoms with Crippen LogP contribution in [0.25, 0.3) is 0 Å². The van der Waals surface area contributed by atoms with E-state index in [2.05, 4.69) is 5.32 Å². The van der Waals surface area contributed by atoms with Crippen LogP contribution in [-0.4, -0.2) is 51.1 Å². The average Bonchev–Trinajstić information content (AvgIpc) is 3.44. The zero-order valence-electron chi connectivity index (χ0n) is 16.3. The first-order valence-electron chi connectivity index (χ1n) is 9.51. The predicted molar refractivity (Wildman–Crippen MR) is 111 cm³/mol. The second-order valence-corrected chi connectivity index (χ2v) is 9.26. The van der Waals surface area contributed by atoms with Crippen molar-refractivity contribution in [1.82, 2.24) is 4.31 Å². The topological polar surface area (TPSA) is 111 Å². The molecule has 2 heterocycles. The van der Waals surface area contributed by atoms with Crippen molar-refractivity contribution in [2.24, 2.45) is 0 Å². The van der Waals surface area contributed by atoms with E-state index in [1.54, 1.807) is 18.2 Å². The van der Waals surface area contributed by atoms with Crippen molar-refractivity contribution >= 4 is 39.2 Å². The van der Waals surface area contributed by atoms with E-state index in [0.717, 1.165) is 12.8 Å². The fourth-order valence-corrected chi connectivity index (χ4v) is 5.30. The van der Waals surface area contributed by atoms with Crippen LogP contribution in [0.1, 0.15) is 23.2 Å². The lowest BCUT2D eigenvalue weighted by Crippen LogP contribution is -2.28. The highest BCUT2D eigenvalue weighted by Gasteiger charge is 2.30. The Hall–Kier alpha value is -2.82. The number of hydrogen-bond acceptors (Lipinski definition) is 7. The third-order valence-electron chi connectivity index (χ3n) is 4.84. The number of ether oxygens (including phenoxy) is 3. The zero-order chi connectivity index (χ0) is 22.0. The fraction of sp³-hybridized carbons (Fsp3) is 0.300. The number of benzene rings is 2. The Morgan fingerprint density at radius 2 is 1.81 bits per heavy atom. The van der Waals surface area contributed by atoms with Gasteiger partial charge >= 0.3 is 5.97 Å². The first-order valence-corrected chi connectivity index (χ1v) is 11.3. The van der Waals surface area contributed by atoms with Crippen molar-refractivity contribution in [2.45, 2.75) is 17.7 Å². The number of carbonyl (C=O) groups is 2. The maximum atomic E-state index is 12.8. The van der Waals surface area contributed by atoms with Gasteiger partial charge in [0, 0.05) is 24.8 Å². The molecule has 1 saturated heterocycles. The minimum absolute atomic E-state index is 0.0157. The molecule has 4 rings (SSSR count). The third kappa shape index (κ3) is 4.60.